The first-order chi connectivity index (χ1) is 14.3. The van der Waals surface area contributed by atoms with Crippen LogP contribution in [0.25, 0.3) is 0 Å². The minimum atomic E-state index is -4.34. The summed E-state index contributed by atoms with van der Waals surface area (Å²) in [7, 11) is 0. The van der Waals surface area contributed by atoms with E-state index in [2.05, 4.69) is 15.8 Å². The van der Waals surface area contributed by atoms with Gasteiger partial charge in [0.25, 0.3) is 0 Å². The van der Waals surface area contributed by atoms with Crippen LogP contribution in [0.3, 0.4) is 0 Å². The Labute approximate surface area is 178 Å². The number of likely N-dealkylation sites (tertiary alicyclic amines) is 1. The van der Waals surface area contributed by atoms with Gasteiger partial charge in [0.1, 0.15) is 5.82 Å². The first-order valence-electron chi connectivity index (χ1n) is 10.1. The van der Waals surface area contributed by atoms with E-state index >= 15 is 0 Å². The lowest BCUT2D eigenvalue weighted by Crippen LogP contribution is -2.42. The molecule has 2 aliphatic rings. The monoisotopic (exact) mass is 441 g/mol. The predicted molar refractivity (Wildman–Crippen MR) is 108 cm³/mol. The molecule has 2 heterocycles. The van der Waals surface area contributed by atoms with Crippen LogP contribution in [-0.2, 0) is 12.7 Å². The maximum Gasteiger partial charge on any atom is 0.416 e. The molecule has 0 saturated carbocycles. The number of alkyl halides is 3. The number of hydrogen-bond acceptors (Lipinski definition) is 3. The fourth-order valence-electron chi connectivity index (χ4n) is 4.46. The molecule has 0 bridgehead atoms. The Balaban J connectivity index is 1.32. The molecule has 2 aromatic rings. The summed E-state index contributed by atoms with van der Waals surface area (Å²) in [5, 5.41) is 0.447. The lowest BCUT2D eigenvalue weighted by atomic mass is 9.86. The minimum absolute atomic E-state index is 0.146. The Morgan fingerprint density at radius 1 is 1.03 bits per heavy atom. The summed E-state index contributed by atoms with van der Waals surface area (Å²) >= 11 is 6.14. The van der Waals surface area contributed by atoms with Gasteiger partial charge in [0.15, 0.2) is 0 Å². The van der Waals surface area contributed by atoms with E-state index in [0.29, 0.717) is 28.6 Å². The summed E-state index contributed by atoms with van der Waals surface area (Å²) in [6, 6.07) is 10.3. The van der Waals surface area contributed by atoms with Crippen LogP contribution >= 0.6 is 11.6 Å². The van der Waals surface area contributed by atoms with Crippen molar-refractivity contribution in [2.24, 2.45) is 5.92 Å². The number of halogens is 5. The van der Waals surface area contributed by atoms with E-state index in [1.54, 1.807) is 18.2 Å². The van der Waals surface area contributed by atoms with Gasteiger partial charge in [-0.3, -0.25) is 15.8 Å². The van der Waals surface area contributed by atoms with Crippen molar-refractivity contribution >= 4 is 11.6 Å². The average molecular weight is 442 g/mol. The Morgan fingerprint density at radius 2 is 1.77 bits per heavy atom. The van der Waals surface area contributed by atoms with Crippen molar-refractivity contribution in [3.63, 3.8) is 0 Å². The summed E-state index contributed by atoms with van der Waals surface area (Å²) in [6.07, 6.45) is -1.71. The van der Waals surface area contributed by atoms with Gasteiger partial charge in [0, 0.05) is 29.2 Å². The molecule has 0 aromatic heterocycles. The third kappa shape index (κ3) is 4.80. The van der Waals surface area contributed by atoms with Gasteiger partial charge in [0.05, 0.1) is 5.56 Å². The lowest BCUT2D eigenvalue weighted by molar-refractivity contribution is -0.137. The molecule has 2 saturated heterocycles. The van der Waals surface area contributed by atoms with Crippen LogP contribution in [0, 0.1) is 11.7 Å². The number of rotatable bonds is 4. The normalized spacial score (nSPS) is 23.8. The van der Waals surface area contributed by atoms with Crippen LogP contribution < -0.4 is 10.9 Å². The molecule has 2 unspecified atom stereocenters. The zero-order valence-corrected chi connectivity index (χ0v) is 17.1. The molecule has 0 spiro atoms. The van der Waals surface area contributed by atoms with Gasteiger partial charge in [-0.25, -0.2) is 4.39 Å². The van der Waals surface area contributed by atoms with Crippen molar-refractivity contribution in [2.75, 3.05) is 13.1 Å². The number of nitrogens with zero attached hydrogens (tertiary/aromatic N) is 1. The highest BCUT2D eigenvalue weighted by Crippen LogP contribution is 2.34. The fraction of sp³-hybridized carbons (Fsp3) is 0.455. The zero-order valence-electron chi connectivity index (χ0n) is 16.4. The number of hydrogen-bond donors (Lipinski definition) is 2. The highest BCUT2D eigenvalue weighted by Gasteiger charge is 2.35. The van der Waals surface area contributed by atoms with Crippen molar-refractivity contribution in [1.29, 1.82) is 0 Å². The molecule has 2 fully saturated rings. The molecule has 0 amide bonds. The van der Waals surface area contributed by atoms with Gasteiger partial charge in [-0.2, -0.15) is 13.2 Å². The van der Waals surface area contributed by atoms with E-state index in [9.17, 15) is 17.6 Å². The van der Waals surface area contributed by atoms with Crippen LogP contribution in [0.1, 0.15) is 42.0 Å². The van der Waals surface area contributed by atoms with Gasteiger partial charge in [-0.15, -0.1) is 0 Å². The van der Waals surface area contributed by atoms with Crippen molar-refractivity contribution < 1.29 is 17.6 Å². The molecule has 162 valence electrons. The molecule has 2 atom stereocenters. The topological polar surface area (TPSA) is 27.3 Å². The van der Waals surface area contributed by atoms with E-state index in [0.717, 1.165) is 38.4 Å². The second-order valence-corrected chi connectivity index (χ2v) is 8.53. The average Bonchev–Trinajstić information content (AvgIpc) is 3.21. The van der Waals surface area contributed by atoms with Gasteiger partial charge in [-0.1, -0.05) is 29.8 Å². The summed E-state index contributed by atoms with van der Waals surface area (Å²) < 4.78 is 53.0. The van der Waals surface area contributed by atoms with Crippen molar-refractivity contribution in [1.82, 2.24) is 15.8 Å². The fourth-order valence-corrected chi connectivity index (χ4v) is 4.68. The van der Waals surface area contributed by atoms with Gasteiger partial charge < -0.3 is 0 Å². The second kappa shape index (κ2) is 8.83. The maximum absolute atomic E-state index is 14.0. The molecule has 3 nitrogen and oxygen atoms in total. The molecule has 4 rings (SSSR count). The summed E-state index contributed by atoms with van der Waals surface area (Å²) in [5.41, 5.74) is 7.01. The largest absolute Gasteiger partial charge is 0.416 e. The Kier molecular flexibility index (Phi) is 6.34. The molecule has 30 heavy (non-hydrogen) atoms. The maximum atomic E-state index is 14.0. The van der Waals surface area contributed by atoms with Crippen LogP contribution in [0.5, 0.6) is 0 Å². The minimum Gasteiger partial charge on any atom is -0.299 e. The third-order valence-electron chi connectivity index (χ3n) is 6.19. The molecule has 2 N–H and O–H groups in total. The number of piperidine rings is 1. The van der Waals surface area contributed by atoms with Crippen LogP contribution in [0.4, 0.5) is 17.6 Å². The third-order valence-corrected chi connectivity index (χ3v) is 6.55. The predicted octanol–water partition coefficient (Wildman–Crippen LogP) is 5.32. The zero-order chi connectivity index (χ0) is 21.3. The standard InChI is InChI=1S/C22H24ClF4N3/c23-18-5-2-6-19(24)17(18)13-30-9-7-14(8-10-30)20-12-21(29-28-20)15-3-1-4-16(11-15)22(25,26)27/h1-6,11,14,20-21,28-29H,7-10,12-13H2. The summed E-state index contributed by atoms with van der Waals surface area (Å²) in [4.78, 5) is 2.20. The quantitative estimate of drug-likeness (QED) is 0.629. The molecule has 0 aliphatic carbocycles. The molecular formula is C22H24ClF4N3. The molecule has 2 aliphatic heterocycles. The number of nitrogens with one attached hydrogen (secondary N) is 2. The Morgan fingerprint density at radius 3 is 2.47 bits per heavy atom. The van der Waals surface area contributed by atoms with Crippen molar-refractivity contribution in [3.05, 3.63) is 70.0 Å². The highest BCUT2D eigenvalue weighted by atomic mass is 35.5. The molecule has 2 aromatic carbocycles. The van der Waals surface area contributed by atoms with E-state index in [4.69, 9.17) is 11.6 Å². The lowest BCUT2D eigenvalue weighted by Gasteiger charge is -2.34. The van der Waals surface area contributed by atoms with Gasteiger partial charge in [-0.05, 0) is 68.1 Å². The van der Waals surface area contributed by atoms with E-state index in [-0.39, 0.29) is 17.9 Å². The number of hydrazine groups is 1. The van der Waals surface area contributed by atoms with E-state index in [1.165, 1.54) is 18.2 Å². The van der Waals surface area contributed by atoms with Crippen molar-refractivity contribution in [3.8, 4) is 0 Å². The van der Waals surface area contributed by atoms with Crippen LogP contribution in [0.2, 0.25) is 5.02 Å². The SMILES string of the molecule is Fc1cccc(Cl)c1CN1CCC(C2CC(c3cccc(C(F)(F)F)c3)NN2)CC1. The smallest absolute Gasteiger partial charge is 0.299 e. The summed E-state index contributed by atoms with van der Waals surface area (Å²) in [6.45, 7) is 2.16. The van der Waals surface area contributed by atoms with E-state index in [1.807, 2.05) is 0 Å². The number of benzene rings is 2. The first kappa shape index (κ1) is 21.6. The van der Waals surface area contributed by atoms with Crippen LogP contribution in [-0.4, -0.2) is 24.0 Å². The van der Waals surface area contributed by atoms with Gasteiger partial charge >= 0.3 is 6.18 Å². The Hall–Kier alpha value is -1.67. The molecule has 8 heteroatoms. The Bertz CT molecular complexity index is 861. The molecular weight excluding hydrogens is 418 g/mol. The van der Waals surface area contributed by atoms with E-state index < -0.39 is 11.7 Å². The molecule has 0 radical (unpaired) electrons. The van der Waals surface area contributed by atoms with Crippen LogP contribution in [0.15, 0.2) is 42.5 Å². The second-order valence-electron chi connectivity index (χ2n) is 8.12. The van der Waals surface area contributed by atoms with Gasteiger partial charge in [0.2, 0.25) is 0 Å². The van der Waals surface area contributed by atoms with Crippen molar-refractivity contribution in [2.45, 2.75) is 44.1 Å². The summed E-state index contributed by atoms with van der Waals surface area (Å²) in [5.74, 6) is 0.135. The first-order valence-corrected chi connectivity index (χ1v) is 10.5. The highest BCUT2D eigenvalue weighted by molar-refractivity contribution is 6.31.